The van der Waals surface area contributed by atoms with Crippen LogP contribution in [0.15, 0.2) is 0 Å². The second-order valence-electron chi connectivity index (χ2n) is 5.18. The molecule has 0 aromatic heterocycles. The Hall–Kier alpha value is 0.300. The maximum atomic E-state index is 11.8. The number of rotatable bonds is 6. The molecule has 1 heterocycles. The summed E-state index contributed by atoms with van der Waals surface area (Å²) in [6.45, 7) is 5.24. The first kappa shape index (κ1) is 14.4. The van der Waals surface area contributed by atoms with Gasteiger partial charge >= 0.3 is 0 Å². The van der Waals surface area contributed by atoms with E-state index in [0.29, 0.717) is 0 Å². The summed E-state index contributed by atoms with van der Waals surface area (Å²) < 4.78 is 0. The minimum absolute atomic E-state index is 0.215. The molecule has 1 atom stereocenters. The quantitative estimate of drug-likeness (QED) is 0.764. The van der Waals surface area contributed by atoms with Crippen molar-refractivity contribution in [2.24, 2.45) is 5.41 Å². The zero-order chi connectivity index (χ0) is 12.0. The molecule has 1 aliphatic rings. The molecule has 16 heavy (non-hydrogen) atoms. The van der Waals surface area contributed by atoms with E-state index in [9.17, 15) is 4.79 Å². The Morgan fingerprint density at radius 1 is 1.56 bits per heavy atom. The molecular formula is C12H22BrNOS. The van der Waals surface area contributed by atoms with Crippen molar-refractivity contribution in [3.63, 3.8) is 0 Å². The largest absolute Gasteiger partial charge is 0.355 e. The number of nitrogens with one attached hydrogen (secondary N) is 1. The van der Waals surface area contributed by atoms with Crippen LogP contribution in [0.5, 0.6) is 0 Å². The Morgan fingerprint density at radius 2 is 2.31 bits per heavy atom. The molecule has 1 amide bonds. The lowest BCUT2D eigenvalue weighted by molar-refractivity contribution is -0.121. The summed E-state index contributed by atoms with van der Waals surface area (Å²) in [5, 5.41) is 4.36. The lowest BCUT2D eigenvalue weighted by Gasteiger charge is -2.25. The third-order valence-corrected chi connectivity index (χ3v) is 4.89. The van der Waals surface area contributed by atoms with Crippen LogP contribution in [0, 0.1) is 5.41 Å². The highest BCUT2D eigenvalue weighted by Gasteiger charge is 2.25. The summed E-state index contributed by atoms with van der Waals surface area (Å²) in [5.41, 5.74) is 0.215. The number of amides is 1. The first-order valence-corrected chi connectivity index (χ1v) is 8.17. The van der Waals surface area contributed by atoms with Crippen molar-refractivity contribution in [3.8, 4) is 0 Å². The maximum absolute atomic E-state index is 11.8. The summed E-state index contributed by atoms with van der Waals surface area (Å²) in [6.07, 6.45) is 4.56. The average Bonchev–Trinajstić information content (AvgIpc) is 2.77. The topological polar surface area (TPSA) is 29.1 Å². The molecule has 0 aromatic rings. The van der Waals surface area contributed by atoms with E-state index < -0.39 is 0 Å². The third-order valence-electron chi connectivity index (χ3n) is 2.95. The van der Waals surface area contributed by atoms with Gasteiger partial charge in [-0.15, -0.1) is 11.8 Å². The number of hydrogen-bond acceptors (Lipinski definition) is 2. The normalized spacial score (nSPS) is 21.1. The summed E-state index contributed by atoms with van der Waals surface area (Å²) >= 11 is 5.24. The van der Waals surface area contributed by atoms with Crippen LogP contribution in [0.25, 0.3) is 0 Å². The van der Waals surface area contributed by atoms with Gasteiger partial charge in [0.05, 0.1) is 5.25 Å². The van der Waals surface area contributed by atoms with Gasteiger partial charge in [-0.2, -0.15) is 0 Å². The highest BCUT2D eigenvalue weighted by molar-refractivity contribution is 9.09. The predicted molar refractivity (Wildman–Crippen MR) is 75.3 cm³/mol. The van der Waals surface area contributed by atoms with Crippen molar-refractivity contribution >= 4 is 33.6 Å². The molecule has 0 bridgehead atoms. The molecule has 1 unspecified atom stereocenters. The van der Waals surface area contributed by atoms with E-state index in [2.05, 4.69) is 35.1 Å². The van der Waals surface area contributed by atoms with Gasteiger partial charge in [-0.05, 0) is 36.9 Å². The van der Waals surface area contributed by atoms with E-state index in [-0.39, 0.29) is 16.6 Å². The Balaban J connectivity index is 2.24. The SMILES string of the molecule is CC(C)(CCCBr)CNC(=O)C1CCCS1. The van der Waals surface area contributed by atoms with Gasteiger partial charge in [-0.1, -0.05) is 29.8 Å². The fraction of sp³-hybridized carbons (Fsp3) is 0.917. The van der Waals surface area contributed by atoms with Crippen molar-refractivity contribution in [1.29, 1.82) is 0 Å². The summed E-state index contributed by atoms with van der Waals surface area (Å²) in [7, 11) is 0. The molecule has 0 radical (unpaired) electrons. The Kier molecular flexibility index (Phi) is 6.19. The molecule has 0 spiro atoms. The Morgan fingerprint density at radius 3 is 2.88 bits per heavy atom. The van der Waals surface area contributed by atoms with E-state index in [1.54, 1.807) is 11.8 Å². The van der Waals surface area contributed by atoms with Crippen LogP contribution in [0.4, 0.5) is 0 Å². The van der Waals surface area contributed by atoms with Gasteiger partial charge in [0.25, 0.3) is 0 Å². The van der Waals surface area contributed by atoms with Gasteiger partial charge in [-0.3, -0.25) is 4.79 Å². The molecule has 1 N–H and O–H groups in total. The predicted octanol–water partition coefficient (Wildman–Crippen LogP) is 3.20. The van der Waals surface area contributed by atoms with Crippen molar-refractivity contribution < 1.29 is 4.79 Å². The van der Waals surface area contributed by atoms with E-state index in [1.165, 1.54) is 12.8 Å². The first-order chi connectivity index (χ1) is 7.55. The highest BCUT2D eigenvalue weighted by atomic mass is 79.9. The minimum atomic E-state index is 0.215. The number of carbonyl (C=O) groups excluding carboxylic acids is 1. The summed E-state index contributed by atoms with van der Waals surface area (Å²) in [5.74, 6) is 1.39. The van der Waals surface area contributed by atoms with E-state index >= 15 is 0 Å². The molecular weight excluding hydrogens is 286 g/mol. The zero-order valence-corrected chi connectivity index (χ0v) is 12.6. The molecule has 1 aliphatic heterocycles. The third kappa shape index (κ3) is 5.09. The summed E-state index contributed by atoms with van der Waals surface area (Å²) in [6, 6.07) is 0. The number of hydrogen-bond donors (Lipinski definition) is 1. The standard InChI is InChI=1S/C12H22BrNOS/c1-12(2,6-4-7-13)9-14-11(15)10-5-3-8-16-10/h10H,3-9H2,1-2H3,(H,14,15). The number of thioether (sulfide) groups is 1. The second kappa shape index (κ2) is 6.90. The highest BCUT2D eigenvalue weighted by Crippen LogP contribution is 2.27. The fourth-order valence-electron chi connectivity index (χ4n) is 1.86. The van der Waals surface area contributed by atoms with Crippen molar-refractivity contribution in [2.45, 2.75) is 44.8 Å². The van der Waals surface area contributed by atoms with Gasteiger partial charge in [-0.25, -0.2) is 0 Å². The van der Waals surface area contributed by atoms with E-state index in [0.717, 1.165) is 30.5 Å². The minimum Gasteiger partial charge on any atom is -0.355 e. The van der Waals surface area contributed by atoms with Crippen LogP contribution in [0.3, 0.4) is 0 Å². The molecule has 1 saturated heterocycles. The van der Waals surface area contributed by atoms with Crippen LogP contribution in [-0.2, 0) is 4.79 Å². The van der Waals surface area contributed by atoms with Gasteiger partial charge in [0.15, 0.2) is 0 Å². The molecule has 94 valence electrons. The second-order valence-corrected chi connectivity index (χ2v) is 7.28. The van der Waals surface area contributed by atoms with E-state index in [1.807, 2.05) is 0 Å². The lowest BCUT2D eigenvalue weighted by Crippen LogP contribution is -2.38. The first-order valence-electron chi connectivity index (χ1n) is 6.00. The smallest absolute Gasteiger partial charge is 0.233 e. The average molecular weight is 308 g/mol. The van der Waals surface area contributed by atoms with Crippen LogP contribution in [-0.4, -0.2) is 28.8 Å². The van der Waals surface area contributed by atoms with Crippen LogP contribution in [0.1, 0.15) is 39.5 Å². The molecule has 4 heteroatoms. The molecule has 0 aliphatic carbocycles. The monoisotopic (exact) mass is 307 g/mol. The lowest BCUT2D eigenvalue weighted by atomic mass is 9.88. The van der Waals surface area contributed by atoms with Crippen molar-refractivity contribution in [3.05, 3.63) is 0 Å². The van der Waals surface area contributed by atoms with E-state index in [4.69, 9.17) is 0 Å². The number of halogens is 1. The molecule has 1 rings (SSSR count). The maximum Gasteiger partial charge on any atom is 0.233 e. The Labute approximate surface area is 111 Å². The number of alkyl halides is 1. The van der Waals surface area contributed by atoms with Crippen LogP contribution >= 0.6 is 27.7 Å². The zero-order valence-electron chi connectivity index (χ0n) is 10.2. The summed E-state index contributed by atoms with van der Waals surface area (Å²) in [4.78, 5) is 11.8. The molecule has 0 saturated carbocycles. The van der Waals surface area contributed by atoms with Gasteiger partial charge in [0, 0.05) is 11.9 Å². The van der Waals surface area contributed by atoms with Gasteiger partial charge in [0.1, 0.15) is 0 Å². The molecule has 1 fully saturated rings. The van der Waals surface area contributed by atoms with Crippen LogP contribution < -0.4 is 5.32 Å². The molecule has 2 nitrogen and oxygen atoms in total. The fourth-order valence-corrected chi connectivity index (χ4v) is 3.32. The van der Waals surface area contributed by atoms with Gasteiger partial charge < -0.3 is 5.32 Å². The van der Waals surface area contributed by atoms with Gasteiger partial charge in [0.2, 0.25) is 5.91 Å². The number of carbonyl (C=O) groups is 1. The Bertz CT molecular complexity index is 227. The van der Waals surface area contributed by atoms with Crippen molar-refractivity contribution in [2.75, 3.05) is 17.6 Å². The molecule has 0 aromatic carbocycles. The van der Waals surface area contributed by atoms with Crippen molar-refractivity contribution in [1.82, 2.24) is 5.32 Å². The van der Waals surface area contributed by atoms with Crippen LogP contribution in [0.2, 0.25) is 0 Å².